The quantitative estimate of drug-likeness (QED) is 0.690. The number of benzene rings is 1. The third-order valence-electron chi connectivity index (χ3n) is 4.81. The van der Waals surface area contributed by atoms with Gasteiger partial charge < -0.3 is 10.1 Å². The predicted molar refractivity (Wildman–Crippen MR) is 102 cm³/mol. The maximum Gasteiger partial charge on any atom is 0.251 e. The largest absolute Gasteiger partial charge is 0.392 e. The zero-order valence-electron chi connectivity index (χ0n) is 15.1. The van der Waals surface area contributed by atoms with Crippen LogP contribution in [0.15, 0.2) is 53.6 Å². The first-order valence-corrected chi connectivity index (χ1v) is 9.23. The molecule has 0 saturated carbocycles. The molecule has 1 aliphatic rings. The maximum atomic E-state index is 12.1. The standard InChI is InChI=1S/C20H23N5O2/c26-18-6-9-24(14-18)13-15-3-1-4-16(11-15)20-22-17(12-19(27)23-20)5-10-25-8-2-7-21-25/h1-4,7-8,11-12,18,26H,5-6,9-10,13-14H2,(H,22,23,27)/t18-/m1/s1. The van der Waals surface area contributed by atoms with Crippen LogP contribution in [0.1, 0.15) is 17.7 Å². The molecule has 4 rings (SSSR count). The molecule has 1 atom stereocenters. The van der Waals surface area contributed by atoms with Gasteiger partial charge in [-0.15, -0.1) is 0 Å². The van der Waals surface area contributed by atoms with Crippen molar-refractivity contribution in [3.05, 3.63) is 70.4 Å². The summed E-state index contributed by atoms with van der Waals surface area (Å²) >= 11 is 0. The van der Waals surface area contributed by atoms with E-state index in [0.29, 0.717) is 25.3 Å². The lowest BCUT2D eigenvalue weighted by Crippen LogP contribution is -2.21. The molecule has 0 unspecified atom stereocenters. The highest BCUT2D eigenvalue weighted by molar-refractivity contribution is 5.56. The van der Waals surface area contributed by atoms with Gasteiger partial charge in [-0.3, -0.25) is 14.4 Å². The molecule has 1 aliphatic heterocycles. The van der Waals surface area contributed by atoms with Gasteiger partial charge in [0, 0.05) is 56.6 Å². The number of hydrogen-bond acceptors (Lipinski definition) is 5. The Kier molecular flexibility index (Phi) is 5.13. The molecule has 140 valence electrons. The Morgan fingerprint density at radius 1 is 1.26 bits per heavy atom. The summed E-state index contributed by atoms with van der Waals surface area (Å²) in [6.45, 7) is 3.08. The third-order valence-corrected chi connectivity index (χ3v) is 4.81. The van der Waals surface area contributed by atoms with Crippen LogP contribution >= 0.6 is 0 Å². The van der Waals surface area contributed by atoms with Crippen molar-refractivity contribution in [2.45, 2.75) is 32.0 Å². The first-order valence-electron chi connectivity index (χ1n) is 9.23. The Hall–Kier alpha value is -2.77. The van der Waals surface area contributed by atoms with Gasteiger partial charge in [0.15, 0.2) is 0 Å². The molecule has 1 aromatic carbocycles. The molecular weight excluding hydrogens is 342 g/mol. The fourth-order valence-corrected chi connectivity index (χ4v) is 3.47. The van der Waals surface area contributed by atoms with Crippen molar-refractivity contribution in [2.24, 2.45) is 0 Å². The smallest absolute Gasteiger partial charge is 0.251 e. The zero-order valence-corrected chi connectivity index (χ0v) is 15.1. The topological polar surface area (TPSA) is 87.0 Å². The zero-order chi connectivity index (χ0) is 18.6. The average Bonchev–Trinajstić information content (AvgIpc) is 3.32. The second-order valence-corrected chi connectivity index (χ2v) is 6.98. The molecule has 0 amide bonds. The van der Waals surface area contributed by atoms with Crippen LogP contribution in [0.25, 0.3) is 11.4 Å². The van der Waals surface area contributed by atoms with Crippen LogP contribution < -0.4 is 5.56 Å². The summed E-state index contributed by atoms with van der Waals surface area (Å²) in [6, 6.07) is 11.5. The molecule has 0 spiro atoms. The molecule has 3 aromatic rings. The minimum absolute atomic E-state index is 0.150. The highest BCUT2D eigenvalue weighted by atomic mass is 16.3. The molecule has 0 aliphatic carbocycles. The lowest BCUT2D eigenvalue weighted by Gasteiger charge is -2.15. The lowest BCUT2D eigenvalue weighted by atomic mass is 10.1. The predicted octanol–water partition coefficient (Wildman–Crippen LogP) is 1.44. The Morgan fingerprint density at radius 3 is 2.96 bits per heavy atom. The van der Waals surface area contributed by atoms with Crippen LogP contribution in [0.2, 0.25) is 0 Å². The summed E-state index contributed by atoms with van der Waals surface area (Å²) < 4.78 is 1.83. The fraction of sp³-hybridized carbons (Fsp3) is 0.350. The molecule has 2 N–H and O–H groups in total. The van der Waals surface area contributed by atoms with Crippen molar-refractivity contribution >= 4 is 0 Å². The normalized spacial score (nSPS) is 17.4. The van der Waals surface area contributed by atoms with E-state index in [4.69, 9.17) is 0 Å². The Morgan fingerprint density at radius 2 is 2.19 bits per heavy atom. The highest BCUT2D eigenvalue weighted by Gasteiger charge is 2.20. The van der Waals surface area contributed by atoms with E-state index in [0.717, 1.165) is 36.3 Å². The van der Waals surface area contributed by atoms with Crippen molar-refractivity contribution in [1.82, 2.24) is 24.6 Å². The first-order chi connectivity index (χ1) is 13.2. The molecule has 3 heterocycles. The van der Waals surface area contributed by atoms with Crippen LogP contribution in [0, 0.1) is 0 Å². The SMILES string of the molecule is O=c1cc(CCn2cccn2)nc(-c2cccc(CN3CC[C@@H](O)C3)c2)[nH]1. The second kappa shape index (κ2) is 7.85. The maximum absolute atomic E-state index is 12.1. The molecular formula is C20H23N5O2. The van der Waals surface area contributed by atoms with Gasteiger partial charge in [-0.1, -0.05) is 18.2 Å². The number of rotatable bonds is 6. The van der Waals surface area contributed by atoms with E-state index in [1.54, 1.807) is 12.3 Å². The van der Waals surface area contributed by atoms with Gasteiger partial charge in [-0.05, 0) is 24.1 Å². The number of likely N-dealkylation sites (tertiary alicyclic amines) is 1. The van der Waals surface area contributed by atoms with Crippen LogP contribution in [0.4, 0.5) is 0 Å². The number of aliphatic hydroxyl groups excluding tert-OH is 1. The molecule has 0 bridgehead atoms. The number of nitrogens with zero attached hydrogens (tertiary/aromatic N) is 4. The van der Waals surface area contributed by atoms with Crippen molar-refractivity contribution in [3.8, 4) is 11.4 Å². The summed E-state index contributed by atoms with van der Waals surface area (Å²) in [5.74, 6) is 0.585. The highest BCUT2D eigenvalue weighted by Crippen LogP contribution is 2.19. The number of β-amino-alcohol motifs (C(OH)–C–C–N with tert-alkyl or cyclic N) is 1. The van der Waals surface area contributed by atoms with E-state index in [2.05, 4.69) is 32.1 Å². The van der Waals surface area contributed by atoms with Crippen molar-refractivity contribution in [3.63, 3.8) is 0 Å². The summed E-state index contributed by atoms with van der Waals surface area (Å²) in [5, 5.41) is 13.9. The van der Waals surface area contributed by atoms with Crippen molar-refractivity contribution in [2.75, 3.05) is 13.1 Å². The molecule has 7 nitrogen and oxygen atoms in total. The summed E-state index contributed by atoms with van der Waals surface area (Å²) in [5.41, 5.74) is 2.64. The molecule has 0 radical (unpaired) electrons. The molecule has 1 saturated heterocycles. The van der Waals surface area contributed by atoms with E-state index < -0.39 is 0 Å². The third kappa shape index (κ3) is 4.50. The van der Waals surface area contributed by atoms with Crippen molar-refractivity contribution < 1.29 is 5.11 Å². The Balaban J connectivity index is 1.52. The number of aliphatic hydroxyl groups is 1. The number of nitrogens with one attached hydrogen (secondary N) is 1. The van der Waals surface area contributed by atoms with E-state index in [9.17, 15) is 9.90 Å². The molecule has 1 fully saturated rings. The van der Waals surface area contributed by atoms with Gasteiger partial charge in [0.2, 0.25) is 0 Å². The van der Waals surface area contributed by atoms with E-state index >= 15 is 0 Å². The van der Waals surface area contributed by atoms with Gasteiger partial charge in [0.1, 0.15) is 5.82 Å². The lowest BCUT2D eigenvalue weighted by molar-refractivity contribution is 0.175. The number of H-pyrrole nitrogens is 1. The summed E-state index contributed by atoms with van der Waals surface area (Å²) in [6.07, 6.45) is 4.88. The minimum Gasteiger partial charge on any atom is -0.392 e. The van der Waals surface area contributed by atoms with E-state index in [-0.39, 0.29) is 11.7 Å². The van der Waals surface area contributed by atoms with Gasteiger partial charge >= 0.3 is 0 Å². The van der Waals surface area contributed by atoms with Gasteiger partial charge in [0.25, 0.3) is 5.56 Å². The van der Waals surface area contributed by atoms with Gasteiger partial charge in [-0.2, -0.15) is 5.10 Å². The van der Waals surface area contributed by atoms with Crippen LogP contribution in [-0.4, -0.2) is 48.9 Å². The number of aryl methyl sites for hydroxylation is 2. The molecule has 7 heteroatoms. The van der Waals surface area contributed by atoms with Crippen LogP contribution in [0.3, 0.4) is 0 Å². The second-order valence-electron chi connectivity index (χ2n) is 6.98. The number of hydrogen-bond donors (Lipinski definition) is 2. The Labute approximate surface area is 157 Å². The molecule has 2 aromatic heterocycles. The van der Waals surface area contributed by atoms with Gasteiger partial charge in [-0.25, -0.2) is 4.98 Å². The van der Waals surface area contributed by atoms with Crippen LogP contribution in [0.5, 0.6) is 0 Å². The van der Waals surface area contributed by atoms with Gasteiger partial charge in [0.05, 0.1) is 11.8 Å². The van der Waals surface area contributed by atoms with E-state index in [1.807, 2.05) is 29.1 Å². The van der Waals surface area contributed by atoms with E-state index in [1.165, 1.54) is 0 Å². The van der Waals surface area contributed by atoms with Crippen LogP contribution in [-0.2, 0) is 19.5 Å². The Bertz CT molecular complexity index is 951. The summed E-state index contributed by atoms with van der Waals surface area (Å²) in [4.78, 5) is 21.8. The monoisotopic (exact) mass is 365 g/mol. The first kappa shape index (κ1) is 17.6. The number of aromatic amines is 1. The molecule has 27 heavy (non-hydrogen) atoms. The average molecular weight is 365 g/mol. The summed E-state index contributed by atoms with van der Waals surface area (Å²) in [7, 11) is 0. The fourth-order valence-electron chi connectivity index (χ4n) is 3.47. The number of aromatic nitrogens is 4. The van der Waals surface area contributed by atoms with Crippen molar-refractivity contribution in [1.29, 1.82) is 0 Å². The minimum atomic E-state index is -0.224.